The number of carbonyl (C=O) groups is 1. The maximum Gasteiger partial charge on any atom is 0.320 e. The number of nitrogens with one attached hydrogen (secondary N) is 1. The molecule has 3 aromatic carbocycles. The Bertz CT molecular complexity index is 957. The fourth-order valence-electron chi connectivity index (χ4n) is 2.80. The van der Waals surface area contributed by atoms with Crippen LogP contribution in [-0.4, -0.2) is 17.1 Å². The lowest BCUT2D eigenvalue weighted by Gasteiger charge is -2.17. The average molecular weight is 388 g/mol. The number of ether oxygens (including phenoxy) is 1. The van der Waals surface area contributed by atoms with Gasteiger partial charge in [0, 0.05) is 17.7 Å². The number of carboxylic acid groups (broad SMARTS) is 1. The lowest BCUT2D eigenvalue weighted by molar-refractivity contribution is -0.139. The van der Waals surface area contributed by atoms with Crippen LogP contribution in [0.15, 0.2) is 54.6 Å². The molecule has 0 fully saturated rings. The molecule has 2 N–H and O–H groups in total. The Morgan fingerprint density at radius 2 is 1.93 bits per heavy atom. The summed E-state index contributed by atoms with van der Waals surface area (Å²) in [5.41, 5.74) is 1.10. The summed E-state index contributed by atoms with van der Waals surface area (Å²) in [4.78, 5) is 11.1. The SMILES string of the molecule is CC(NCc1c(OCc2c(F)cccc2Cl)ccc2ccccc12)C(=O)O. The molecule has 0 aliphatic heterocycles. The van der Waals surface area contributed by atoms with Gasteiger partial charge in [-0.15, -0.1) is 0 Å². The number of aliphatic carboxylic acids is 1. The van der Waals surface area contributed by atoms with Gasteiger partial charge in [-0.1, -0.05) is 48.0 Å². The first-order valence-corrected chi connectivity index (χ1v) is 8.87. The molecule has 140 valence electrons. The van der Waals surface area contributed by atoms with Gasteiger partial charge < -0.3 is 15.2 Å². The molecular formula is C21H19ClFNO3. The Kier molecular flexibility index (Phi) is 5.94. The topological polar surface area (TPSA) is 58.6 Å². The number of halogens is 2. The van der Waals surface area contributed by atoms with E-state index in [2.05, 4.69) is 5.32 Å². The van der Waals surface area contributed by atoms with Crippen molar-refractivity contribution >= 4 is 28.3 Å². The van der Waals surface area contributed by atoms with Crippen LogP contribution >= 0.6 is 11.6 Å². The molecular weight excluding hydrogens is 369 g/mol. The van der Waals surface area contributed by atoms with Crippen molar-refractivity contribution in [2.45, 2.75) is 26.1 Å². The average Bonchev–Trinajstić information content (AvgIpc) is 2.65. The summed E-state index contributed by atoms with van der Waals surface area (Å²) in [5.74, 6) is -0.809. The van der Waals surface area contributed by atoms with Gasteiger partial charge in [-0.05, 0) is 35.9 Å². The van der Waals surface area contributed by atoms with Gasteiger partial charge in [-0.2, -0.15) is 0 Å². The smallest absolute Gasteiger partial charge is 0.320 e. The van der Waals surface area contributed by atoms with Crippen LogP contribution in [0.5, 0.6) is 5.75 Å². The number of hydrogen-bond donors (Lipinski definition) is 2. The van der Waals surface area contributed by atoms with Crippen LogP contribution in [0.25, 0.3) is 10.8 Å². The minimum atomic E-state index is -0.934. The summed E-state index contributed by atoms with van der Waals surface area (Å²) >= 11 is 6.07. The zero-order valence-corrected chi connectivity index (χ0v) is 15.5. The van der Waals surface area contributed by atoms with Crippen LogP contribution in [0.4, 0.5) is 4.39 Å². The highest BCUT2D eigenvalue weighted by molar-refractivity contribution is 6.31. The minimum Gasteiger partial charge on any atom is -0.488 e. The van der Waals surface area contributed by atoms with Gasteiger partial charge in [-0.25, -0.2) is 4.39 Å². The summed E-state index contributed by atoms with van der Waals surface area (Å²) < 4.78 is 19.9. The second-order valence-corrected chi connectivity index (χ2v) is 6.60. The lowest BCUT2D eigenvalue weighted by Crippen LogP contribution is -2.33. The zero-order valence-electron chi connectivity index (χ0n) is 14.7. The molecule has 0 radical (unpaired) electrons. The summed E-state index contributed by atoms with van der Waals surface area (Å²) in [6.07, 6.45) is 0. The molecule has 0 spiro atoms. The van der Waals surface area contributed by atoms with E-state index in [1.807, 2.05) is 30.3 Å². The van der Waals surface area contributed by atoms with Crippen molar-refractivity contribution in [1.29, 1.82) is 0 Å². The number of hydrogen-bond acceptors (Lipinski definition) is 3. The second-order valence-electron chi connectivity index (χ2n) is 6.19. The second kappa shape index (κ2) is 8.37. The van der Waals surface area contributed by atoms with E-state index in [9.17, 15) is 9.18 Å². The molecule has 27 heavy (non-hydrogen) atoms. The summed E-state index contributed by atoms with van der Waals surface area (Å²) in [6.45, 7) is 1.85. The quantitative estimate of drug-likeness (QED) is 0.613. The first-order valence-electron chi connectivity index (χ1n) is 8.50. The van der Waals surface area contributed by atoms with Crippen molar-refractivity contribution in [2.24, 2.45) is 0 Å². The van der Waals surface area contributed by atoms with Gasteiger partial charge in [0.15, 0.2) is 0 Å². The van der Waals surface area contributed by atoms with E-state index in [4.69, 9.17) is 21.4 Å². The minimum absolute atomic E-state index is 0.0225. The molecule has 0 heterocycles. The van der Waals surface area contributed by atoms with E-state index in [1.165, 1.54) is 6.07 Å². The Morgan fingerprint density at radius 3 is 2.67 bits per heavy atom. The van der Waals surface area contributed by atoms with Gasteiger partial charge in [0.2, 0.25) is 0 Å². The fourth-order valence-corrected chi connectivity index (χ4v) is 3.01. The number of fused-ring (bicyclic) bond motifs is 1. The van der Waals surface area contributed by atoms with Crippen molar-refractivity contribution in [3.63, 3.8) is 0 Å². The normalized spacial score (nSPS) is 12.1. The van der Waals surface area contributed by atoms with E-state index in [1.54, 1.807) is 25.1 Å². The highest BCUT2D eigenvalue weighted by Gasteiger charge is 2.15. The zero-order chi connectivity index (χ0) is 19.4. The third-order valence-corrected chi connectivity index (χ3v) is 4.74. The molecule has 3 rings (SSSR count). The van der Waals surface area contributed by atoms with Crippen LogP contribution in [-0.2, 0) is 17.9 Å². The molecule has 3 aromatic rings. The maximum absolute atomic E-state index is 14.0. The molecule has 0 aliphatic rings. The Labute approximate surface area is 161 Å². The Morgan fingerprint density at radius 1 is 1.15 bits per heavy atom. The standard InChI is InChI=1S/C21H19ClFNO3/c1-13(21(25)26)24-11-16-15-6-3-2-5-14(15)9-10-20(16)27-12-17-18(22)7-4-8-19(17)23/h2-10,13,24H,11-12H2,1H3,(H,25,26). The van der Waals surface area contributed by atoms with Crippen molar-refractivity contribution in [3.8, 4) is 5.75 Å². The first kappa shape index (κ1) is 19.1. The molecule has 0 amide bonds. The highest BCUT2D eigenvalue weighted by atomic mass is 35.5. The largest absolute Gasteiger partial charge is 0.488 e. The van der Waals surface area contributed by atoms with E-state index < -0.39 is 17.8 Å². The van der Waals surface area contributed by atoms with E-state index in [0.717, 1.165) is 16.3 Å². The maximum atomic E-state index is 14.0. The Balaban J connectivity index is 1.91. The Hall–Kier alpha value is -2.63. The van der Waals surface area contributed by atoms with Crippen molar-refractivity contribution in [1.82, 2.24) is 5.32 Å². The van der Waals surface area contributed by atoms with Crippen molar-refractivity contribution in [3.05, 3.63) is 76.6 Å². The molecule has 1 unspecified atom stereocenters. The van der Waals surface area contributed by atoms with Gasteiger partial charge >= 0.3 is 5.97 Å². The van der Waals surface area contributed by atoms with Crippen LogP contribution in [0.3, 0.4) is 0 Å². The number of benzene rings is 3. The molecule has 1 atom stereocenters. The number of carboxylic acids is 1. The summed E-state index contributed by atoms with van der Waals surface area (Å²) in [5, 5.41) is 14.3. The predicted molar refractivity (Wildman–Crippen MR) is 104 cm³/mol. The van der Waals surface area contributed by atoms with Crippen molar-refractivity contribution < 1.29 is 19.0 Å². The molecule has 0 saturated carbocycles. The van der Waals surface area contributed by atoms with Crippen LogP contribution in [0, 0.1) is 5.82 Å². The molecule has 4 nitrogen and oxygen atoms in total. The monoisotopic (exact) mass is 387 g/mol. The van der Waals surface area contributed by atoms with Gasteiger partial charge in [0.25, 0.3) is 0 Å². The van der Waals surface area contributed by atoms with Crippen LogP contribution < -0.4 is 10.1 Å². The van der Waals surface area contributed by atoms with E-state index >= 15 is 0 Å². The van der Waals surface area contributed by atoms with Gasteiger partial charge in [0.1, 0.15) is 24.2 Å². The summed E-state index contributed by atoms with van der Waals surface area (Å²) in [7, 11) is 0. The number of rotatable bonds is 7. The van der Waals surface area contributed by atoms with Gasteiger partial charge in [0.05, 0.1) is 5.02 Å². The van der Waals surface area contributed by atoms with E-state index in [-0.39, 0.29) is 12.2 Å². The third kappa shape index (κ3) is 4.38. The highest BCUT2D eigenvalue weighted by Crippen LogP contribution is 2.30. The molecule has 0 bridgehead atoms. The molecule has 0 saturated heterocycles. The van der Waals surface area contributed by atoms with Crippen molar-refractivity contribution in [2.75, 3.05) is 0 Å². The van der Waals surface area contributed by atoms with Crippen LogP contribution in [0.1, 0.15) is 18.1 Å². The van der Waals surface area contributed by atoms with Crippen LogP contribution in [0.2, 0.25) is 5.02 Å². The first-order chi connectivity index (χ1) is 13.0. The van der Waals surface area contributed by atoms with Gasteiger partial charge in [-0.3, -0.25) is 4.79 Å². The molecule has 6 heteroatoms. The molecule has 0 aromatic heterocycles. The lowest BCUT2D eigenvalue weighted by atomic mass is 10.0. The predicted octanol–water partition coefficient (Wildman–Crippen LogP) is 4.77. The summed E-state index contributed by atoms with van der Waals surface area (Å²) in [6, 6.07) is 15.2. The van der Waals surface area contributed by atoms with E-state index in [0.29, 0.717) is 17.3 Å². The molecule has 0 aliphatic carbocycles. The fraction of sp³-hybridized carbons (Fsp3) is 0.190. The third-order valence-electron chi connectivity index (χ3n) is 4.39.